The lowest BCUT2D eigenvalue weighted by molar-refractivity contribution is -0.124. The number of pyridine rings is 1. The number of carbonyl (C=O) groups is 2. The third kappa shape index (κ3) is 3.94. The van der Waals surface area contributed by atoms with Gasteiger partial charge in [-0.05, 0) is 12.8 Å². The van der Waals surface area contributed by atoms with Gasteiger partial charge in [0.15, 0.2) is 17.5 Å². The van der Waals surface area contributed by atoms with Crippen molar-refractivity contribution >= 4 is 52.4 Å². The van der Waals surface area contributed by atoms with Crippen molar-refractivity contribution < 1.29 is 14.3 Å². The Labute approximate surface area is 142 Å². The highest BCUT2D eigenvalue weighted by Gasteiger charge is 2.22. The zero-order valence-electron chi connectivity index (χ0n) is 11.5. The van der Waals surface area contributed by atoms with Gasteiger partial charge in [0.2, 0.25) is 0 Å². The van der Waals surface area contributed by atoms with E-state index in [0.717, 1.165) is 25.7 Å². The summed E-state index contributed by atoms with van der Waals surface area (Å²) in [5.74, 6) is -1.26. The summed E-state index contributed by atoms with van der Waals surface area (Å²) < 4.78 is 4.88. The van der Waals surface area contributed by atoms with Gasteiger partial charge in [-0.25, -0.2) is 9.78 Å². The van der Waals surface area contributed by atoms with E-state index in [4.69, 9.17) is 45.3 Å². The maximum absolute atomic E-state index is 11.9. The Morgan fingerprint density at radius 2 is 1.86 bits per heavy atom. The lowest BCUT2D eigenvalue weighted by Gasteiger charge is -2.12. The number of nitrogens with one attached hydrogen (secondary N) is 1. The molecule has 1 fully saturated rings. The van der Waals surface area contributed by atoms with Crippen LogP contribution in [-0.4, -0.2) is 29.5 Å². The number of carbonyl (C=O) groups excluding carboxylic acids is 2. The summed E-state index contributed by atoms with van der Waals surface area (Å²) in [7, 11) is 0. The largest absolute Gasteiger partial charge is 0.451 e. The van der Waals surface area contributed by atoms with Gasteiger partial charge >= 0.3 is 5.97 Å². The highest BCUT2D eigenvalue weighted by Crippen LogP contribution is 2.34. The number of nitrogens with zero attached hydrogens (tertiary/aromatic N) is 1. The molecule has 0 unspecified atom stereocenters. The first-order valence-corrected chi connectivity index (χ1v) is 7.80. The molecule has 6 nitrogen and oxygen atoms in total. The van der Waals surface area contributed by atoms with Crippen LogP contribution in [-0.2, 0) is 9.53 Å². The molecular formula is C13H14Cl3N3O3. The van der Waals surface area contributed by atoms with Gasteiger partial charge in [-0.1, -0.05) is 47.6 Å². The number of ether oxygens (including phenoxy) is 1. The number of aromatic nitrogens is 1. The van der Waals surface area contributed by atoms with Crippen molar-refractivity contribution in [1.29, 1.82) is 0 Å². The topological polar surface area (TPSA) is 94.3 Å². The molecule has 1 aromatic rings. The molecule has 1 aliphatic rings. The molecule has 1 saturated carbocycles. The molecule has 1 aliphatic carbocycles. The van der Waals surface area contributed by atoms with E-state index in [1.807, 2.05) is 0 Å². The fraction of sp³-hybridized carbons (Fsp3) is 0.462. The first-order valence-electron chi connectivity index (χ1n) is 6.66. The second-order valence-electron chi connectivity index (χ2n) is 4.92. The van der Waals surface area contributed by atoms with Crippen molar-refractivity contribution in [1.82, 2.24) is 10.3 Å². The second-order valence-corrected chi connectivity index (χ2v) is 6.03. The number of nitrogen functional groups attached to an aromatic ring is 1. The average Bonchev–Trinajstić information content (AvgIpc) is 2.99. The van der Waals surface area contributed by atoms with Crippen molar-refractivity contribution in [3.05, 3.63) is 20.9 Å². The van der Waals surface area contributed by atoms with Crippen LogP contribution < -0.4 is 11.1 Å². The Morgan fingerprint density at radius 1 is 1.23 bits per heavy atom. The van der Waals surface area contributed by atoms with E-state index in [2.05, 4.69) is 10.3 Å². The standard InChI is InChI=1S/C13H14Cl3N3O3/c14-8-10(17)9(15)12(16)19-11(8)13(21)22-5-7(20)18-6-3-1-2-4-6/h6H,1-5H2,(H2,17,19)(H,18,20). The molecule has 3 N–H and O–H groups in total. The van der Waals surface area contributed by atoms with Crippen LogP contribution >= 0.6 is 34.8 Å². The minimum absolute atomic E-state index is 0.0396. The molecule has 0 aliphatic heterocycles. The Morgan fingerprint density at radius 3 is 2.50 bits per heavy atom. The van der Waals surface area contributed by atoms with E-state index in [1.54, 1.807) is 0 Å². The molecule has 120 valence electrons. The minimum atomic E-state index is -0.892. The molecule has 22 heavy (non-hydrogen) atoms. The Hall–Kier alpha value is -1.24. The maximum Gasteiger partial charge on any atom is 0.359 e. The van der Waals surface area contributed by atoms with Gasteiger partial charge in [0.1, 0.15) is 5.02 Å². The van der Waals surface area contributed by atoms with Crippen LogP contribution in [0.5, 0.6) is 0 Å². The number of esters is 1. The molecule has 1 amide bonds. The van der Waals surface area contributed by atoms with Gasteiger partial charge in [0.05, 0.1) is 10.7 Å². The molecular weight excluding hydrogens is 353 g/mol. The first-order chi connectivity index (χ1) is 10.4. The SMILES string of the molecule is Nc1c(Cl)c(Cl)nc(C(=O)OCC(=O)NC2CCCC2)c1Cl. The van der Waals surface area contributed by atoms with Crippen LogP contribution in [0.1, 0.15) is 36.2 Å². The lowest BCUT2D eigenvalue weighted by atomic mass is 10.2. The number of nitrogens with two attached hydrogens (primary N) is 1. The van der Waals surface area contributed by atoms with Crippen LogP contribution in [0.2, 0.25) is 15.2 Å². The summed E-state index contributed by atoms with van der Waals surface area (Å²) in [4.78, 5) is 27.3. The molecule has 0 saturated heterocycles. The van der Waals surface area contributed by atoms with E-state index in [9.17, 15) is 9.59 Å². The average molecular weight is 367 g/mol. The Bertz CT molecular complexity index is 604. The van der Waals surface area contributed by atoms with Gasteiger partial charge in [-0.2, -0.15) is 0 Å². The molecule has 0 aromatic carbocycles. The monoisotopic (exact) mass is 365 g/mol. The van der Waals surface area contributed by atoms with Crippen molar-refractivity contribution in [2.75, 3.05) is 12.3 Å². The zero-order chi connectivity index (χ0) is 16.3. The van der Waals surface area contributed by atoms with Gasteiger partial charge < -0.3 is 15.8 Å². The predicted octanol–water partition coefficient (Wildman–Crippen LogP) is 2.84. The van der Waals surface area contributed by atoms with E-state index in [0.29, 0.717) is 0 Å². The normalized spacial score (nSPS) is 14.9. The number of rotatable bonds is 4. The molecule has 0 atom stereocenters. The number of hydrogen-bond acceptors (Lipinski definition) is 5. The number of anilines is 1. The minimum Gasteiger partial charge on any atom is -0.451 e. The van der Waals surface area contributed by atoms with Crippen molar-refractivity contribution in [2.24, 2.45) is 0 Å². The number of amides is 1. The molecule has 0 bridgehead atoms. The smallest absolute Gasteiger partial charge is 0.359 e. The highest BCUT2D eigenvalue weighted by molar-refractivity contribution is 6.46. The summed E-state index contributed by atoms with van der Waals surface area (Å²) in [6, 6.07) is 0.147. The molecule has 1 aromatic heterocycles. The summed E-state index contributed by atoms with van der Waals surface area (Å²) >= 11 is 17.4. The van der Waals surface area contributed by atoms with E-state index >= 15 is 0 Å². The molecule has 9 heteroatoms. The van der Waals surface area contributed by atoms with Crippen molar-refractivity contribution in [3.63, 3.8) is 0 Å². The second kappa shape index (κ2) is 7.35. The van der Waals surface area contributed by atoms with Gasteiger partial charge in [-0.3, -0.25) is 4.79 Å². The summed E-state index contributed by atoms with van der Waals surface area (Å²) in [5, 5.41) is 2.43. The van der Waals surface area contributed by atoms with Gasteiger partial charge in [0.25, 0.3) is 5.91 Å². The van der Waals surface area contributed by atoms with Crippen LogP contribution in [0.25, 0.3) is 0 Å². The van der Waals surface area contributed by atoms with E-state index < -0.39 is 12.6 Å². The summed E-state index contributed by atoms with van der Waals surface area (Å²) in [6.07, 6.45) is 4.06. The molecule has 0 spiro atoms. The van der Waals surface area contributed by atoms with Gasteiger partial charge in [-0.15, -0.1) is 0 Å². The molecule has 1 heterocycles. The van der Waals surface area contributed by atoms with Crippen LogP contribution in [0, 0.1) is 0 Å². The third-order valence-corrected chi connectivity index (χ3v) is 4.46. The maximum atomic E-state index is 11.9. The zero-order valence-corrected chi connectivity index (χ0v) is 13.8. The fourth-order valence-electron chi connectivity index (χ4n) is 2.21. The van der Waals surface area contributed by atoms with Gasteiger partial charge in [0, 0.05) is 6.04 Å². The van der Waals surface area contributed by atoms with Crippen LogP contribution in [0.3, 0.4) is 0 Å². The summed E-state index contributed by atoms with van der Waals surface area (Å²) in [6.45, 7) is -0.423. The number of hydrogen-bond donors (Lipinski definition) is 2. The fourth-order valence-corrected chi connectivity index (χ4v) is 2.79. The highest BCUT2D eigenvalue weighted by atomic mass is 35.5. The first kappa shape index (κ1) is 17.1. The number of halogens is 3. The quantitative estimate of drug-likeness (QED) is 0.631. The molecule has 2 rings (SSSR count). The van der Waals surface area contributed by atoms with Crippen LogP contribution in [0.15, 0.2) is 0 Å². The Kier molecular flexibility index (Phi) is 5.72. The predicted molar refractivity (Wildman–Crippen MR) is 84.4 cm³/mol. The van der Waals surface area contributed by atoms with Crippen molar-refractivity contribution in [2.45, 2.75) is 31.7 Å². The third-order valence-electron chi connectivity index (χ3n) is 3.32. The van der Waals surface area contributed by atoms with Crippen LogP contribution in [0.4, 0.5) is 5.69 Å². The van der Waals surface area contributed by atoms with E-state index in [1.165, 1.54) is 0 Å². The summed E-state index contributed by atoms with van der Waals surface area (Å²) in [5.41, 5.74) is 5.27. The lowest BCUT2D eigenvalue weighted by Crippen LogP contribution is -2.36. The van der Waals surface area contributed by atoms with E-state index in [-0.39, 0.29) is 38.5 Å². The Balaban J connectivity index is 1.96. The van der Waals surface area contributed by atoms with Crippen molar-refractivity contribution in [3.8, 4) is 0 Å². The molecule has 0 radical (unpaired) electrons.